The summed E-state index contributed by atoms with van der Waals surface area (Å²) >= 11 is 0. The summed E-state index contributed by atoms with van der Waals surface area (Å²) in [6, 6.07) is 6.33. The third-order valence-corrected chi connectivity index (χ3v) is 4.29. The monoisotopic (exact) mass is 345 g/mol. The van der Waals surface area contributed by atoms with Gasteiger partial charge in [0.1, 0.15) is 4.90 Å². The van der Waals surface area contributed by atoms with Crippen molar-refractivity contribution in [2.24, 2.45) is 0 Å². The molecule has 0 saturated carbocycles. The highest BCUT2D eigenvalue weighted by Gasteiger charge is 2.25. The summed E-state index contributed by atoms with van der Waals surface area (Å²) in [6.07, 6.45) is 0. The number of hydrogen-bond acceptors (Lipinski definition) is 4. The minimum atomic E-state index is -4.43. The minimum Gasteiger partial charge on any atom is -0.465 e. The first-order chi connectivity index (χ1) is 10.8. The molecule has 9 heteroatoms. The second-order valence-corrected chi connectivity index (χ2v) is 5.97. The maximum absolute atomic E-state index is 13.6. The number of hydrogen-bond donors (Lipinski definition) is 1. The lowest BCUT2D eigenvalue weighted by Crippen LogP contribution is -2.18. The van der Waals surface area contributed by atoms with Gasteiger partial charge < -0.3 is 4.74 Å². The molecule has 5 nitrogen and oxygen atoms in total. The predicted octanol–water partition coefficient (Wildman–Crippen LogP) is 2.69. The van der Waals surface area contributed by atoms with Crippen molar-refractivity contribution in [1.82, 2.24) is 0 Å². The molecule has 23 heavy (non-hydrogen) atoms. The van der Waals surface area contributed by atoms with Gasteiger partial charge in [0.25, 0.3) is 10.0 Å². The Hall–Kier alpha value is -2.55. The normalized spacial score (nSPS) is 11.1. The molecule has 122 valence electrons. The Kier molecular flexibility index (Phi) is 4.60. The van der Waals surface area contributed by atoms with Crippen LogP contribution < -0.4 is 4.72 Å². The zero-order valence-electron chi connectivity index (χ0n) is 11.6. The van der Waals surface area contributed by atoms with E-state index in [1.807, 2.05) is 0 Å². The minimum absolute atomic E-state index is 0.287. The fourth-order valence-electron chi connectivity index (χ4n) is 1.78. The van der Waals surface area contributed by atoms with Crippen LogP contribution in [0.2, 0.25) is 0 Å². The van der Waals surface area contributed by atoms with Crippen LogP contribution in [-0.4, -0.2) is 21.5 Å². The highest BCUT2D eigenvalue weighted by molar-refractivity contribution is 7.92. The van der Waals surface area contributed by atoms with Crippen molar-refractivity contribution in [2.75, 3.05) is 11.8 Å². The highest BCUT2D eigenvalue weighted by Crippen LogP contribution is 2.24. The van der Waals surface area contributed by atoms with Gasteiger partial charge in [-0.1, -0.05) is 12.1 Å². The van der Waals surface area contributed by atoms with Gasteiger partial charge in [-0.05, 0) is 24.3 Å². The molecule has 2 aromatic rings. The van der Waals surface area contributed by atoms with E-state index in [9.17, 15) is 26.4 Å². The standard InChI is InChI=1S/C14H10F3NO4S/c1-22-14(19)8-4-2-3-5-11(8)23(20,21)18-10-7-6-9(15)12(16)13(10)17/h2-7,18H,1H3. The van der Waals surface area contributed by atoms with E-state index in [1.165, 1.54) is 18.2 Å². The molecule has 2 aromatic carbocycles. The fourth-order valence-corrected chi connectivity index (χ4v) is 3.04. The van der Waals surface area contributed by atoms with Gasteiger partial charge in [-0.3, -0.25) is 4.72 Å². The largest absolute Gasteiger partial charge is 0.465 e. The molecule has 1 N–H and O–H groups in total. The van der Waals surface area contributed by atoms with Crippen molar-refractivity contribution in [3.8, 4) is 0 Å². The summed E-state index contributed by atoms with van der Waals surface area (Å²) in [5, 5.41) is 0. The van der Waals surface area contributed by atoms with Crippen LogP contribution in [0.4, 0.5) is 18.9 Å². The number of carbonyl (C=O) groups excluding carboxylic acids is 1. The molecule has 0 saturated heterocycles. The average Bonchev–Trinajstić information content (AvgIpc) is 2.54. The third-order valence-electron chi connectivity index (χ3n) is 2.86. The number of methoxy groups -OCH3 is 1. The topological polar surface area (TPSA) is 72.5 Å². The van der Waals surface area contributed by atoms with Gasteiger partial charge in [-0.15, -0.1) is 0 Å². The lowest BCUT2D eigenvalue weighted by Gasteiger charge is -2.12. The van der Waals surface area contributed by atoms with E-state index in [0.29, 0.717) is 6.07 Å². The smallest absolute Gasteiger partial charge is 0.339 e. The van der Waals surface area contributed by atoms with E-state index in [4.69, 9.17) is 0 Å². The van der Waals surface area contributed by atoms with Crippen molar-refractivity contribution in [3.63, 3.8) is 0 Å². The van der Waals surface area contributed by atoms with Crippen LogP contribution >= 0.6 is 0 Å². The quantitative estimate of drug-likeness (QED) is 0.683. The van der Waals surface area contributed by atoms with Crippen molar-refractivity contribution >= 4 is 21.7 Å². The number of halogens is 3. The molecule has 0 amide bonds. The predicted molar refractivity (Wildman–Crippen MR) is 74.9 cm³/mol. The summed E-state index contributed by atoms with van der Waals surface area (Å²) in [6.45, 7) is 0. The maximum Gasteiger partial charge on any atom is 0.339 e. The molecule has 0 bridgehead atoms. The Bertz CT molecular complexity index is 868. The number of anilines is 1. The maximum atomic E-state index is 13.6. The highest BCUT2D eigenvalue weighted by atomic mass is 32.2. The zero-order chi connectivity index (χ0) is 17.2. The number of rotatable bonds is 4. The molecule has 0 heterocycles. The molecular formula is C14H10F3NO4S. The number of benzene rings is 2. The summed E-state index contributed by atoms with van der Waals surface area (Å²) in [4.78, 5) is 11.1. The Labute approximate surface area is 129 Å². The number of carbonyl (C=O) groups is 1. The summed E-state index contributed by atoms with van der Waals surface area (Å²) in [5.74, 6) is -5.88. The lowest BCUT2D eigenvalue weighted by atomic mass is 10.2. The summed E-state index contributed by atoms with van der Waals surface area (Å²) in [7, 11) is -3.37. The molecule has 2 rings (SSSR count). The van der Waals surface area contributed by atoms with Gasteiger partial charge in [0.05, 0.1) is 18.4 Å². The van der Waals surface area contributed by atoms with Gasteiger partial charge >= 0.3 is 5.97 Å². The number of nitrogens with one attached hydrogen (secondary N) is 1. The molecule has 0 fully saturated rings. The van der Waals surface area contributed by atoms with Crippen LogP contribution in [-0.2, 0) is 14.8 Å². The van der Waals surface area contributed by atoms with Crippen LogP contribution in [0.25, 0.3) is 0 Å². The molecule has 0 radical (unpaired) electrons. The first-order valence-electron chi connectivity index (χ1n) is 6.11. The van der Waals surface area contributed by atoms with Crippen molar-refractivity contribution in [2.45, 2.75) is 4.90 Å². The van der Waals surface area contributed by atoms with Crippen LogP contribution in [0.5, 0.6) is 0 Å². The molecule has 0 aromatic heterocycles. The Balaban J connectivity index is 2.49. The SMILES string of the molecule is COC(=O)c1ccccc1S(=O)(=O)Nc1ccc(F)c(F)c1F. The first-order valence-corrected chi connectivity index (χ1v) is 7.60. The average molecular weight is 345 g/mol. The van der Waals surface area contributed by atoms with E-state index < -0.39 is 44.0 Å². The van der Waals surface area contributed by atoms with Gasteiger partial charge in [-0.2, -0.15) is 0 Å². The van der Waals surface area contributed by atoms with Crippen molar-refractivity contribution < 1.29 is 31.1 Å². The Morgan fingerprint density at radius 2 is 1.70 bits per heavy atom. The Morgan fingerprint density at radius 3 is 2.35 bits per heavy atom. The van der Waals surface area contributed by atoms with E-state index in [-0.39, 0.29) is 5.56 Å². The van der Waals surface area contributed by atoms with Crippen LogP contribution in [0, 0.1) is 17.5 Å². The summed E-state index contributed by atoms with van der Waals surface area (Å²) in [5.41, 5.74) is -1.07. The van der Waals surface area contributed by atoms with E-state index in [2.05, 4.69) is 4.74 Å². The number of sulfonamides is 1. The molecule has 0 unspecified atom stereocenters. The van der Waals surface area contributed by atoms with Crippen molar-refractivity contribution in [3.05, 3.63) is 59.4 Å². The number of ether oxygens (including phenoxy) is 1. The van der Waals surface area contributed by atoms with Crippen molar-refractivity contribution in [1.29, 1.82) is 0 Å². The number of esters is 1. The van der Waals surface area contributed by atoms with Gasteiger partial charge in [-0.25, -0.2) is 26.4 Å². The first kappa shape index (κ1) is 16.8. The van der Waals surface area contributed by atoms with E-state index in [1.54, 1.807) is 4.72 Å². The molecule has 0 atom stereocenters. The second-order valence-electron chi connectivity index (χ2n) is 4.32. The molecule has 0 aliphatic carbocycles. The lowest BCUT2D eigenvalue weighted by molar-refractivity contribution is 0.0596. The second kappa shape index (κ2) is 6.29. The van der Waals surface area contributed by atoms with Gasteiger partial charge in [0, 0.05) is 0 Å². The molecule has 0 aliphatic rings. The van der Waals surface area contributed by atoms with Gasteiger partial charge in [0.2, 0.25) is 0 Å². The van der Waals surface area contributed by atoms with E-state index in [0.717, 1.165) is 19.2 Å². The fraction of sp³-hybridized carbons (Fsp3) is 0.0714. The van der Waals surface area contributed by atoms with Crippen LogP contribution in [0.1, 0.15) is 10.4 Å². The molecule has 0 aliphatic heterocycles. The third kappa shape index (κ3) is 3.29. The molecule has 0 spiro atoms. The van der Waals surface area contributed by atoms with Crippen LogP contribution in [0.3, 0.4) is 0 Å². The van der Waals surface area contributed by atoms with Crippen LogP contribution in [0.15, 0.2) is 41.3 Å². The Morgan fingerprint density at radius 1 is 1.04 bits per heavy atom. The van der Waals surface area contributed by atoms with E-state index >= 15 is 0 Å². The summed E-state index contributed by atoms with van der Waals surface area (Å²) < 4.78 is 70.5. The zero-order valence-corrected chi connectivity index (χ0v) is 12.5. The molecular weight excluding hydrogens is 335 g/mol. The van der Waals surface area contributed by atoms with Gasteiger partial charge in [0.15, 0.2) is 17.5 Å².